The number of anilines is 1. The molecule has 0 saturated heterocycles. The van der Waals surface area contributed by atoms with Crippen molar-refractivity contribution in [1.29, 1.82) is 0 Å². The number of rotatable bonds is 11. The van der Waals surface area contributed by atoms with E-state index in [4.69, 9.17) is 18.9 Å². The lowest BCUT2D eigenvalue weighted by Crippen LogP contribution is -2.33. The lowest BCUT2D eigenvalue weighted by molar-refractivity contribution is -0.127. The number of amides is 2. The van der Waals surface area contributed by atoms with Gasteiger partial charge in [-0.15, -0.1) is 11.3 Å². The standard InChI is InChI=1S/C31H35N3O7S/c1-6-40-31(37)27-24-13-7-18(2)15-26(24)42-30(27)33-29(36)20-8-10-22(11-9-20)41-19(3)28(35)34-32-17-21-16-23(38-4)12-14-25(21)39-5/h8-12,14,16-19H,6-7,13,15H2,1-5H3,(H,33,36)(H,34,35)/b32-17-/t18-,19-/m1/s1. The van der Waals surface area contributed by atoms with Crippen molar-refractivity contribution in [2.24, 2.45) is 11.0 Å². The fraction of sp³-hybridized carbons (Fsp3) is 0.355. The SMILES string of the molecule is CCOC(=O)c1c(NC(=O)c2ccc(O[C@H](C)C(=O)N/N=C\c3cc(OC)ccc3OC)cc2)sc2c1CC[C@@H](C)C2. The number of carbonyl (C=O) groups is 3. The third kappa shape index (κ3) is 7.27. The summed E-state index contributed by atoms with van der Waals surface area (Å²) in [6.07, 6.45) is 3.25. The number of methoxy groups -OCH3 is 2. The molecule has 1 heterocycles. The topological polar surface area (TPSA) is 125 Å². The van der Waals surface area contributed by atoms with Gasteiger partial charge in [-0.2, -0.15) is 5.10 Å². The Bertz CT molecular complexity index is 1470. The first kappa shape index (κ1) is 30.6. The van der Waals surface area contributed by atoms with E-state index in [1.807, 2.05) is 0 Å². The highest BCUT2D eigenvalue weighted by molar-refractivity contribution is 7.17. The molecular weight excluding hydrogens is 558 g/mol. The summed E-state index contributed by atoms with van der Waals surface area (Å²) in [5.74, 6) is 0.899. The van der Waals surface area contributed by atoms with E-state index >= 15 is 0 Å². The number of esters is 1. The van der Waals surface area contributed by atoms with Crippen LogP contribution in [0.5, 0.6) is 17.2 Å². The second-order valence-corrected chi connectivity index (χ2v) is 11.0. The molecule has 0 unspecified atom stereocenters. The maximum atomic E-state index is 13.1. The van der Waals surface area contributed by atoms with Crippen molar-refractivity contribution in [2.45, 2.75) is 46.1 Å². The number of thiophene rings is 1. The normalized spacial score (nSPS) is 14.9. The number of hydrogen-bond donors (Lipinski definition) is 2. The van der Waals surface area contributed by atoms with Crippen molar-refractivity contribution in [3.8, 4) is 17.2 Å². The monoisotopic (exact) mass is 593 g/mol. The van der Waals surface area contributed by atoms with Gasteiger partial charge in [0.05, 0.1) is 32.6 Å². The Balaban J connectivity index is 1.37. The third-order valence-corrected chi connectivity index (χ3v) is 8.00. The zero-order valence-electron chi connectivity index (χ0n) is 24.3. The maximum absolute atomic E-state index is 13.1. The molecule has 0 saturated carbocycles. The van der Waals surface area contributed by atoms with Crippen LogP contribution >= 0.6 is 11.3 Å². The molecule has 2 atom stereocenters. The summed E-state index contributed by atoms with van der Waals surface area (Å²) in [7, 11) is 3.10. The molecule has 0 fully saturated rings. The van der Waals surface area contributed by atoms with Crippen molar-refractivity contribution < 1.29 is 33.3 Å². The van der Waals surface area contributed by atoms with Gasteiger partial charge < -0.3 is 24.3 Å². The van der Waals surface area contributed by atoms with Gasteiger partial charge in [0.1, 0.15) is 22.2 Å². The van der Waals surface area contributed by atoms with E-state index in [1.54, 1.807) is 70.5 Å². The van der Waals surface area contributed by atoms with Crippen LogP contribution in [0.15, 0.2) is 47.6 Å². The number of nitrogens with zero attached hydrogens (tertiary/aromatic N) is 1. The zero-order chi connectivity index (χ0) is 30.2. The Morgan fingerprint density at radius 2 is 1.83 bits per heavy atom. The van der Waals surface area contributed by atoms with Crippen LogP contribution in [-0.2, 0) is 22.4 Å². The summed E-state index contributed by atoms with van der Waals surface area (Å²) in [5.41, 5.74) is 4.91. The summed E-state index contributed by atoms with van der Waals surface area (Å²) >= 11 is 1.44. The molecule has 3 aromatic rings. The van der Waals surface area contributed by atoms with Crippen LogP contribution in [0.2, 0.25) is 0 Å². The van der Waals surface area contributed by atoms with E-state index in [-0.39, 0.29) is 12.5 Å². The van der Waals surface area contributed by atoms with Crippen molar-refractivity contribution in [1.82, 2.24) is 5.43 Å². The molecule has 1 aliphatic carbocycles. The highest BCUT2D eigenvalue weighted by Gasteiger charge is 2.29. The van der Waals surface area contributed by atoms with E-state index in [9.17, 15) is 14.4 Å². The summed E-state index contributed by atoms with van der Waals surface area (Å²) in [6, 6.07) is 11.6. The minimum Gasteiger partial charge on any atom is -0.497 e. The summed E-state index contributed by atoms with van der Waals surface area (Å²) in [5, 5.41) is 7.42. The lowest BCUT2D eigenvalue weighted by atomic mass is 9.88. The van der Waals surface area contributed by atoms with Gasteiger partial charge in [0, 0.05) is 16.0 Å². The van der Waals surface area contributed by atoms with Gasteiger partial charge in [-0.05, 0) is 87.1 Å². The average Bonchev–Trinajstić information content (AvgIpc) is 3.34. The highest BCUT2D eigenvalue weighted by atomic mass is 32.1. The van der Waals surface area contributed by atoms with Crippen LogP contribution in [-0.4, -0.2) is 50.9 Å². The average molecular weight is 594 g/mol. The molecular formula is C31H35N3O7S. The molecule has 0 bridgehead atoms. The smallest absolute Gasteiger partial charge is 0.341 e. The van der Waals surface area contributed by atoms with Gasteiger partial charge in [-0.25, -0.2) is 10.2 Å². The van der Waals surface area contributed by atoms with Crippen LogP contribution in [0.3, 0.4) is 0 Å². The first-order valence-corrected chi connectivity index (χ1v) is 14.5. The Kier molecular flexibility index (Phi) is 10.2. The molecule has 0 radical (unpaired) electrons. The van der Waals surface area contributed by atoms with Gasteiger partial charge in [0.15, 0.2) is 6.10 Å². The van der Waals surface area contributed by atoms with E-state index in [0.29, 0.717) is 44.9 Å². The van der Waals surface area contributed by atoms with Crippen LogP contribution in [0.1, 0.15) is 63.9 Å². The number of benzene rings is 2. The largest absolute Gasteiger partial charge is 0.497 e. The molecule has 10 nitrogen and oxygen atoms in total. The third-order valence-electron chi connectivity index (χ3n) is 6.83. The van der Waals surface area contributed by atoms with E-state index in [0.717, 1.165) is 29.7 Å². The summed E-state index contributed by atoms with van der Waals surface area (Å²) < 4.78 is 21.5. The second kappa shape index (κ2) is 14.0. The van der Waals surface area contributed by atoms with Crippen molar-refractivity contribution in [3.05, 3.63) is 69.6 Å². The molecule has 1 aromatic heterocycles. The first-order valence-electron chi connectivity index (χ1n) is 13.7. The highest BCUT2D eigenvalue weighted by Crippen LogP contribution is 2.40. The first-order chi connectivity index (χ1) is 20.2. The molecule has 0 aliphatic heterocycles. The van der Waals surface area contributed by atoms with Crippen molar-refractivity contribution in [2.75, 3.05) is 26.1 Å². The molecule has 2 amide bonds. The number of hydrazone groups is 1. The number of fused-ring (bicyclic) bond motifs is 1. The molecule has 4 rings (SSSR count). The van der Waals surface area contributed by atoms with Crippen LogP contribution in [0.25, 0.3) is 0 Å². The van der Waals surface area contributed by atoms with E-state index < -0.39 is 18.0 Å². The van der Waals surface area contributed by atoms with Gasteiger partial charge in [0.25, 0.3) is 11.8 Å². The summed E-state index contributed by atoms with van der Waals surface area (Å²) in [4.78, 5) is 39.5. The van der Waals surface area contributed by atoms with Crippen molar-refractivity contribution >= 4 is 40.3 Å². The second-order valence-electron chi connectivity index (χ2n) is 9.86. The van der Waals surface area contributed by atoms with Gasteiger partial charge in [-0.3, -0.25) is 9.59 Å². The Morgan fingerprint density at radius 3 is 2.52 bits per heavy atom. The van der Waals surface area contributed by atoms with Crippen LogP contribution in [0.4, 0.5) is 5.00 Å². The minimum absolute atomic E-state index is 0.258. The Hall–Kier alpha value is -4.38. The molecule has 2 N–H and O–H groups in total. The van der Waals surface area contributed by atoms with E-state index in [2.05, 4.69) is 22.8 Å². The quantitative estimate of drug-likeness (QED) is 0.177. The molecule has 11 heteroatoms. The van der Waals surface area contributed by atoms with Crippen molar-refractivity contribution in [3.63, 3.8) is 0 Å². The Morgan fingerprint density at radius 1 is 1.10 bits per heavy atom. The molecule has 1 aliphatic rings. The van der Waals surface area contributed by atoms with Gasteiger partial charge in [-0.1, -0.05) is 6.92 Å². The number of ether oxygens (including phenoxy) is 4. The zero-order valence-corrected chi connectivity index (χ0v) is 25.1. The molecule has 222 valence electrons. The van der Waals surface area contributed by atoms with E-state index in [1.165, 1.54) is 17.6 Å². The molecule has 2 aromatic carbocycles. The van der Waals surface area contributed by atoms with Gasteiger partial charge in [0.2, 0.25) is 0 Å². The van der Waals surface area contributed by atoms with Crippen LogP contribution < -0.4 is 25.0 Å². The number of carbonyl (C=O) groups excluding carboxylic acids is 3. The Labute approximate surface area is 249 Å². The number of hydrogen-bond acceptors (Lipinski definition) is 9. The molecule has 42 heavy (non-hydrogen) atoms. The summed E-state index contributed by atoms with van der Waals surface area (Å²) in [6.45, 7) is 5.80. The minimum atomic E-state index is -0.860. The fourth-order valence-electron chi connectivity index (χ4n) is 4.57. The lowest BCUT2D eigenvalue weighted by Gasteiger charge is -2.18. The maximum Gasteiger partial charge on any atom is 0.341 e. The predicted octanol–water partition coefficient (Wildman–Crippen LogP) is 5.24. The fourth-order valence-corrected chi connectivity index (χ4v) is 5.97. The predicted molar refractivity (Wildman–Crippen MR) is 161 cm³/mol. The number of nitrogens with one attached hydrogen (secondary N) is 2. The molecule has 0 spiro atoms. The van der Waals surface area contributed by atoms with Gasteiger partial charge >= 0.3 is 5.97 Å². The van der Waals surface area contributed by atoms with Crippen LogP contribution in [0, 0.1) is 5.92 Å².